The fourth-order valence-electron chi connectivity index (χ4n) is 1.59. The zero-order chi connectivity index (χ0) is 11.4. The van der Waals surface area contributed by atoms with Gasteiger partial charge in [-0.3, -0.25) is 0 Å². The lowest BCUT2D eigenvalue weighted by Gasteiger charge is -2.04. The Balaban J connectivity index is 2.15. The summed E-state index contributed by atoms with van der Waals surface area (Å²) in [5.41, 5.74) is 1.81. The number of methoxy groups -OCH3 is 1. The van der Waals surface area contributed by atoms with Gasteiger partial charge in [-0.15, -0.1) is 0 Å². The molecule has 16 heavy (non-hydrogen) atoms. The van der Waals surface area contributed by atoms with Crippen LogP contribution in [0.1, 0.15) is 5.69 Å². The molecule has 2 aromatic rings. The highest BCUT2D eigenvalue weighted by Gasteiger charge is 2.01. The standard InChI is InChI=1S/C12H15NO3/c1-15-4-5-16-11-2-3-12-9(7-11)6-10(8-14)13-12/h2-3,6-7,13-14H,4-5,8H2,1H3. The predicted molar refractivity (Wildman–Crippen MR) is 61.6 cm³/mol. The Labute approximate surface area is 93.8 Å². The van der Waals surface area contributed by atoms with Crippen LogP contribution < -0.4 is 4.74 Å². The minimum absolute atomic E-state index is 0.0224. The molecule has 0 aliphatic heterocycles. The van der Waals surface area contributed by atoms with Crippen LogP contribution in [0.2, 0.25) is 0 Å². The molecule has 0 saturated heterocycles. The Hall–Kier alpha value is -1.52. The lowest BCUT2D eigenvalue weighted by molar-refractivity contribution is 0.146. The second-order valence-electron chi connectivity index (χ2n) is 3.54. The van der Waals surface area contributed by atoms with Gasteiger partial charge in [0.25, 0.3) is 0 Å². The summed E-state index contributed by atoms with van der Waals surface area (Å²) in [6, 6.07) is 7.70. The van der Waals surface area contributed by atoms with E-state index < -0.39 is 0 Å². The van der Waals surface area contributed by atoms with E-state index in [2.05, 4.69) is 4.98 Å². The maximum Gasteiger partial charge on any atom is 0.120 e. The zero-order valence-corrected chi connectivity index (χ0v) is 9.19. The van der Waals surface area contributed by atoms with E-state index in [1.54, 1.807) is 7.11 Å². The van der Waals surface area contributed by atoms with E-state index >= 15 is 0 Å². The Morgan fingerprint density at radius 2 is 2.12 bits per heavy atom. The van der Waals surface area contributed by atoms with E-state index in [0.29, 0.717) is 13.2 Å². The molecule has 0 aliphatic carbocycles. The van der Waals surface area contributed by atoms with Crippen molar-refractivity contribution in [1.29, 1.82) is 0 Å². The number of benzene rings is 1. The second kappa shape index (κ2) is 5.01. The summed E-state index contributed by atoms with van der Waals surface area (Å²) in [6.07, 6.45) is 0. The number of aromatic nitrogens is 1. The molecule has 0 unspecified atom stereocenters. The van der Waals surface area contributed by atoms with Crippen molar-refractivity contribution in [3.05, 3.63) is 30.0 Å². The van der Waals surface area contributed by atoms with Crippen molar-refractivity contribution in [2.24, 2.45) is 0 Å². The van der Waals surface area contributed by atoms with Crippen molar-refractivity contribution in [3.8, 4) is 5.75 Å². The number of aliphatic hydroxyl groups excluding tert-OH is 1. The molecule has 86 valence electrons. The molecule has 0 aliphatic rings. The van der Waals surface area contributed by atoms with Crippen LogP contribution in [0.5, 0.6) is 5.75 Å². The Morgan fingerprint density at radius 1 is 1.25 bits per heavy atom. The maximum atomic E-state index is 9.00. The van der Waals surface area contributed by atoms with E-state index in [1.807, 2.05) is 24.3 Å². The molecule has 1 heterocycles. The molecule has 0 atom stereocenters. The van der Waals surface area contributed by atoms with Crippen LogP contribution in [0.15, 0.2) is 24.3 Å². The van der Waals surface area contributed by atoms with E-state index in [9.17, 15) is 0 Å². The summed E-state index contributed by atoms with van der Waals surface area (Å²) >= 11 is 0. The lowest BCUT2D eigenvalue weighted by Crippen LogP contribution is -2.03. The quantitative estimate of drug-likeness (QED) is 0.755. The number of aromatic amines is 1. The minimum atomic E-state index is 0.0224. The predicted octanol–water partition coefficient (Wildman–Crippen LogP) is 1.69. The highest BCUT2D eigenvalue weighted by molar-refractivity contribution is 5.81. The van der Waals surface area contributed by atoms with E-state index in [-0.39, 0.29) is 6.61 Å². The van der Waals surface area contributed by atoms with Crippen LogP contribution in [0, 0.1) is 0 Å². The molecule has 0 bridgehead atoms. The van der Waals surface area contributed by atoms with E-state index in [0.717, 1.165) is 22.3 Å². The van der Waals surface area contributed by atoms with Gasteiger partial charge in [-0.1, -0.05) is 0 Å². The van der Waals surface area contributed by atoms with Crippen LogP contribution in [0.3, 0.4) is 0 Å². The van der Waals surface area contributed by atoms with Crippen LogP contribution in [-0.2, 0) is 11.3 Å². The molecule has 1 aromatic carbocycles. The highest BCUT2D eigenvalue weighted by Crippen LogP contribution is 2.21. The number of rotatable bonds is 5. The van der Waals surface area contributed by atoms with Crippen LogP contribution in [-0.4, -0.2) is 30.4 Å². The first kappa shape index (κ1) is 11.0. The molecule has 0 spiro atoms. The molecule has 0 fully saturated rings. The third kappa shape index (κ3) is 2.35. The average Bonchev–Trinajstić information content (AvgIpc) is 2.71. The minimum Gasteiger partial charge on any atom is -0.491 e. The molecule has 0 amide bonds. The third-order valence-corrected chi connectivity index (χ3v) is 2.37. The van der Waals surface area contributed by atoms with Gasteiger partial charge in [0.05, 0.1) is 13.2 Å². The van der Waals surface area contributed by atoms with Crippen molar-refractivity contribution in [3.63, 3.8) is 0 Å². The van der Waals surface area contributed by atoms with Crippen LogP contribution >= 0.6 is 0 Å². The van der Waals surface area contributed by atoms with Gasteiger partial charge in [-0.25, -0.2) is 0 Å². The fraction of sp³-hybridized carbons (Fsp3) is 0.333. The van der Waals surface area contributed by atoms with Gasteiger partial charge in [-0.05, 0) is 24.3 Å². The van der Waals surface area contributed by atoms with Gasteiger partial charge in [-0.2, -0.15) is 0 Å². The molecule has 2 N–H and O–H groups in total. The van der Waals surface area contributed by atoms with Gasteiger partial charge in [0.15, 0.2) is 0 Å². The topological polar surface area (TPSA) is 54.5 Å². The fourth-order valence-corrected chi connectivity index (χ4v) is 1.59. The molecule has 0 saturated carbocycles. The molecular weight excluding hydrogens is 206 g/mol. The number of hydrogen-bond acceptors (Lipinski definition) is 3. The van der Waals surface area contributed by atoms with Crippen molar-refractivity contribution in [2.45, 2.75) is 6.61 Å². The average molecular weight is 221 g/mol. The molecular formula is C12H15NO3. The summed E-state index contributed by atoms with van der Waals surface area (Å²) in [5.74, 6) is 0.813. The van der Waals surface area contributed by atoms with Gasteiger partial charge >= 0.3 is 0 Å². The summed E-state index contributed by atoms with van der Waals surface area (Å²) in [5, 5.41) is 10.0. The van der Waals surface area contributed by atoms with Gasteiger partial charge in [0, 0.05) is 23.7 Å². The molecule has 4 heteroatoms. The Kier molecular flexibility index (Phi) is 3.44. The van der Waals surface area contributed by atoms with Crippen LogP contribution in [0.4, 0.5) is 0 Å². The molecule has 4 nitrogen and oxygen atoms in total. The molecule has 0 radical (unpaired) electrons. The number of fused-ring (bicyclic) bond motifs is 1. The van der Waals surface area contributed by atoms with E-state index in [1.165, 1.54) is 0 Å². The Morgan fingerprint density at radius 3 is 2.88 bits per heavy atom. The monoisotopic (exact) mass is 221 g/mol. The SMILES string of the molecule is COCCOc1ccc2[nH]c(CO)cc2c1. The number of ether oxygens (including phenoxy) is 2. The maximum absolute atomic E-state index is 9.00. The largest absolute Gasteiger partial charge is 0.491 e. The number of H-pyrrole nitrogens is 1. The number of hydrogen-bond donors (Lipinski definition) is 2. The number of aliphatic hydroxyl groups is 1. The van der Waals surface area contributed by atoms with Gasteiger partial charge in [0.1, 0.15) is 12.4 Å². The zero-order valence-electron chi connectivity index (χ0n) is 9.19. The molecule has 2 rings (SSSR count). The first-order chi connectivity index (χ1) is 7.83. The first-order valence-electron chi connectivity index (χ1n) is 5.17. The second-order valence-corrected chi connectivity index (χ2v) is 3.54. The van der Waals surface area contributed by atoms with Crippen LogP contribution in [0.25, 0.3) is 10.9 Å². The highest BCUT2D eigenvalue weighted by atomic mass is 16.5. The van der Waals surface area contributed by atoms with Gasteiger partial charge in [0.2, 0.25) is 0 Å². The third-order valence-electron chi connectivity index (χ3n) is 2.37. The van der Waals surface area contributed by atoms with Crippen molar-refractivity contribution in [2.75, 3.05) is 20.3 Å². The summed E-state index contributed by atoms with van der Waals surface area (Å²) < 4.78 is 10.4. The van der Waals surface area contributed by atoms with Crippen molar-refractivity contribution < 1.29 is 14.6 Å². The lowest BCUT2D eigenvalue weighted by atomic mass is 10.2. The summed E-state index contributed by atoms with van der Waals surface area (Å²) in [6.45, 7) is 1.14. The van der Waals surface area contributed by atoms with Gasteiger partial charge < -0.3 is 19.6 Å². The Bertz CT molecular complexity index is 464. The van der Waals surface area contributed by atoms with Crippen molar-refractivity contribution in [1.82, 2.24) is 4.98 Å². The number of nitrogens with one attached hydrogen (secondary N) is 1. The summed E-state index contributed by atoms with van der Waals surface area (Å²) in [7, 11) is 1.65. The first-order valence-corrected chi connectivity index (χ1v) is 5.17. The normalized spacial score (nSPS) is 10.9. The molecule has 1 aromatic heterocycles. The van der Waals surface area contributed by atoms with E-state index in [4.69, 9.17) is 14.6 Å². The van der Waals surface area contributed by atoms with Crippen molar-refractivity contribution >= 4 is 10.9 Å². The smallest absolute Gasteiger partial charge is 0.120 e. The summed E-state index contributed by atoms with van der Waals surface area (Å²) in [4.78, 5) is 3.11.